The number of aromatic nitrogens is 3. The predicted octanol–water partition coefficient (Wildman–Crippen LogP) is 4.68. The van der Waals surface area contributed by atoms with Crippen LogP contribution in [0.1, 0.15) is 16.8 Å². The number of H-pyrrole nitrogens is 1. The number of benzene rings is 3. The molecule has 0 fully saturated rings. The summed E-state index contributed by atoms with van der Waals surface area (Å²) in [5.74, 6) is 0.869. The summed E-state index contributed by atoms with van der Waals surface area (Å²) in [6, 6.07) is 22.2. The molecule has 4 aromatic rings. The molecular formula is C22H16N4O. The predicted molar refractivity (Wildman–Crippen MR) is 106 cm³/mol. The molecular weight excluding hydrogens is 336 g/mol. The summed E-state index contributed by atoms with van der Waals surface area (Å²) in [6.07, 6.45) is 4.16. The second-order valence-corrected chi connectivity index (χ2v) is 6.01. The van der Waals surface area contributed by atoms with Crippen LogP contribution in [-0.4, -0.2) is 22.5 Å². The molecule has 3 aromatic carbocycles. The van der Waals surface area contributed by atoms with Gasteiger partial charge >= 0.3 is 0 Å². The van der Waals surface area contributed by atoms with Crippen LogP contribution in [0.25, 0.3) is 34.2 Å². The van der Waals surface area contributed by atoms with E-state index in [0.29, 0.717) is 11.4 Å². The smallest absolute Gasteiger partial charge is 0.190 e. The second-order valence-electron chi connectivity index (χ2n) is 6.01. The molecule has 0 saturated carbocycles. The molecule has 0 unspecified atom stereocenters. The first-order valence-corrected chi connectivity index (χ1v) is 8.45. The maximum atomic E-state index is 9.06. The summed E-state index contributed by atoms with van der Waals surface area (Å²) in [7, 11) is 1.69. The summed E-state index contributed by atoms with van der Waals surface area (Å²) in [4.78, 5) is 0. The first-order valence-electron chi connectivity index (χ1n) is 8.45. The van der Waals surface area contributed by atoms with Crippen molar-refractivity contribution in [3.63, 3.8) is 0 Å². The Bertz CT molecular complexity index is 1170. The van der Waals surface area contributed by atoms with Crippen molar-refractivity contribution in [2.75, 3.05) is 7.11 Å². The first-order chi connectivity index (χ1) is 13.3. The van der Waals surface area contributed by atoms with Crippen LogP contribution in [0.15, 0.2) is 60.7 Å². The van der Waals surface area contributed by atoms with Crippen LogP contribution in [0.2, 0.25) is 0 Å². The summed E-state index contributed by atoms with van der Waals surface area (Å²) in [5.41, 5.74) is 3.99. The van der Waals surface area contributed by atoms with E-state index in [1.54, 1.807) is 7.11 Å². The molecule has 0 bridgehead atoms. The molecule has 0 atom stereocenters. The molecule has 0 radical (unpaired) electrons. The number of hydrogen-bond acceptors (Lipinski definition) is 4. The highest BCUT2D eigenvalue weighted by Crippen LogP contribution is 2.29. The van der Waals surface area contributed by atoms with Gasteiger partial charge < -0.3 is 4.74 Å². The van der Waals surface area contributed by atoms with Gasteiger partial charge in [0, 0.05) is 10.9 Å². The highest BCUT2D eigenvalue weighted by molar-refractivity contribution is 5.96. The minimum Gasteiger partial charge on any atom is -0.496 e. The maximum Gasteiger partial charge on any atom is 0.190 e. The van der Waals surface area contributed by atoms with Crippen LogP contribution in [0.3, 0.4) is 0 Å². The molecule has 130 valence electrons. The molecule has 0 aliphatic rings. The van der Waals surface area contributed by atoms with Gasteiger partial charge in [0.1, 0.15) is 17.5 Å². The monoisotopic (exact) mass is 352 g/mol. The minimum atomic E-state index is 0.294. The average Bonchev–Trinajstić information content (AvgIpc) is 3.21. The largest absolute Gasteiger partial charge is 0.496 e. The van der Waals surface area contributed by atoms with E-state index in [2.05, 4.69) is 45.8 Å². The van der Waals surface area contributed by atoms with Crippen molar-refractivity contribution in [3.8, 4) is 23.1 Å². The second kappa shape index (κ2) is 7.14. The molecule has 0 aliphatic heterocycles. The number of hydrogen-bond donors (Lipinski definition) is 1. The molecule has 1 aromatic heterocycles. The lowest BCUT2D eigenvalue weighted by Gasteiger charge is -2.08. The van der Waals surface area contributed by atoms with Gasteiger partial charge in [0.25, 0.3) is 0 Å². The van der Waals surface area contributed by atoms with Gasteiger partial charge in [-0.25, -0.2) is 0 Å². The molecule has 5 heteroatoms. The van der Waals surface area contributed by atoms with E-state index in [4.69, 9.17) is 10.00 Å². The molecule has 0 aliphatic carbocycles. The highest BCUT2D eigenvalue weighted by atomic mass is 16.5. The van der Waals surface area contributed by atoms with Crippen LogP contribution in [0.5, 0.6) is 5.75 Å². The summed E-state index contributed by atoms with van der Waals surface area (Å²) < 4.78 is 5.45. The Morgan fingerprint density at radius 3 is 2.48 bits per heavy atom. The van der Waals surface area contributed by atoms with Gasteiger partial charge in [-0.1, -0.05) is 72.0 Å². The summed E-state index contributed by atoms with van der Waals surface area (Å²) in [6.45, 7) is 0. The Hall–Kier alpha value is -3.91. The van der Waals surface area contributed by atoms with Crippen molar-refractivity contribution in [2.45, 2.75) is 0 Å². The number of fused-ring (bicyclic) bond motifs is 1. The van der Waals surface area contributed by atoms with Gasteiger partial charge in [-0.15, -0.1) is 5.10 Å². The lowest BCUT2D eigenvalue weighted by Crippen LogP contribution is -1.86. The van der Waals surface area contributed by atoms with Crippen LogP contribution < -0.4 is 4.74 Å². The van der Waals surface area contributed by atoms with Gasteiger partial charge in [-0.05, 0) is 22.6 Å². The number of aromatic amines is 1. The Kier molecular flexibility index (Phi) is 4.38. The molecule has 5 nitrogen and oxygen atoms in total. The number of rotatable bonds is 4. The minimum absolute atomic E-state index is 0.294. The number of ether oxygens (including phenoxy) is 1. The Labute approximate surface area is 156 Å². The number of methoxy groups -OCH3 is 1. The van der Waals surface area contributed by atoms with E-state index in [1.807, 2.05) is 48.5 Å². The van der Waals surface area contributed by atoms with Crippen molar-refractivity contribution >= 4 is 22.9 Å². The van der Waals surface area contributed by atoms with Crippen LogP contribution in [0, 0.1) is 11.3 Å². The zero-order chi connectivity index (χ0) is 18.6. The molecule has 0 spiro atoms. The van der Waals surface area contributed by atoms with Gasteiger partial charge in [-0.2, -0.15) is 5.26 Å². The Morgan fingerprint density at radius 1 is 0.963 bits per heavy atom. The van der Waals surface area contributed by atoms with Gasteiger partial charge in [0.15, 0.2) is 5.69 Å². The van der Waals surface area contributed by atoms with Gasteiger partial charge in [0.2, 0.25) is 0 Å². The van der Waals surface area contributed by atoms with Crippen LogP contribution >= 0.6 is 0 Å². The summed E-state index contributed by atoms with van der Waals surface area (Å²) >= 11 is 0. The lowest BCUT2D eigenvalue weighted by atomic mass is 10.0. The normalized spacial score (nSPS) is 11.0. The Balaban J connectivity index is 1.64. The quantitative estimate of drug-likeness (QED) is 0.541. The third-order valence-corrected chi connectivity index (χ3v) is 4.45. The van der Waals surface area contributed by atoms with Crippen molar-refractivity contribution < 1.29 is 4.74 Å². The molecule has 1 N–H and O–H groups in total. The van der Waals surface area contributed by atoms with E-state index < -0.39 is 0 Å². The molecule has 0 saturated heterocycles. The van der Waals surface area contributed by atoms with Crippen molar-refractivity contribution in [3.05, 3.63) is 77.5 Å². The SMILES string of the molecule is COc1ccc(C=Cc2ccc(-c3[nH]nnc3C#N)cc2)c2ccccc12. The highest BCUT2D eigenvalue weighted by Gasteiger charge is 2.08. The third kappa shape index (κ3) is 3.16. The van der Waals surface area contributed by atoms with E-state index in [0.717, 1.165) is 33.2 Å². The summed E-state index contributed by atoms with van der Waals surface area (Å²) in [5, 5.41) is 21.5. The maximum absolute atomic E-state index is 9.06. The van der Waals surface area contributed by atoms with Crippen LogP contribution in [-0.2, 0) is 0 Å². The van der Waals surface area contributed by atoms with Crippen molar-refractivity contribution in [2.24, 2.45) is 0 Å². The van der Waals surface area contributed by atoms with Gasteiger partial charge in [-0.3, -0.25) is 5.10 Å². The molecule has 27 heavy (non-hydrogen) atoms. The molecule has 4 rings (SSSR count). The lowest BCUT2D eigenvalue weighted by molar-refractivity contribution is 0.420. The fourth-order valence-electron chi connectivity index (χ4n) is 3.07. The van der Waals surface area contributed by atoms with Crippen molar-refractivity contribution in [1.29, 1.82) is 5.26 Å². The van der Waals surface area contributed by atoms with Gasteiger partial charge in [0.05, 0.1) is 7.11 Å². The fraction of sp³-hybridized carbons (Fsp3) is 0.0455. The number of nitriles is 1. The number of nitrogens with zero attached hydrogens (tertiary/aromatic N) is 3. The zero-order valence-corrected chi connectivity index (χ0v) is 14.7. The zero-order valence-electron chi connectivity index (χ0n) is 14.7. The fourth-order valence-corrected chi connectivity index (χ4v) is 3.07. The number of nitrogens with one attached hydrogen (secondary N) is 1. The average molecular weight is 352 g/mol. The van der Waals surface area contributed by atoms with Crippen molar-refractivity contribution in [1.82, 2.24) is 15.4 Å². The standard InChI is InChI=1S/C22H16N4O/c1-27-21-13-12-16(18-4-2-3-5-19(18)21)9-6-15-7-10-17(11-8-15)22-20(14-23)24-26-25-22/h2-13H,1H3,(H,24,25,26). The van der Waals surface area contributed by atoms with E-state index in [9.17, 15) is 0 Å². The van der Waals surface area contributed by atoms with Crippen LogP contribution in [0.4, 0.5) is 0 Å². The van der Waals surface area contributed by atoms with E-state index in [1.165, 1.54) is 0 Å². The first kappa shape index (κ1) is 16.6. The molecule has 1 heterocycles. The Morgan fingerprint density at radius 2 is 1.74 bits per heavy atom. The molecule has 0 amide bonds. The van der Waals surface area contributed by atoms with E-state index in [-0.39, 0.29) is 0 Å². The topological polar surface area (TPSA) is 74.6 Å². The third-order valence-electron chi connectivity index (χ3n) is 4.45. The van der Waals surface area contributed by atoms with E-state index >= 15 is 0 Å².